The number of hydrogen-bond donors (Lipinski definition) is 1. The molecule has 0 spiro atoms. The molecule has 134 valence electrons. The summed E-state index contributed by atoms with van der Waals surface area (Å²) in [6, 6.07) is 6.51. The average molecular weight is 335 g/mol. The van der Waals surface area contributed by atoms with Crippen molar-refractivity contribution in [2.45, 2.75) is 32.7 Å². The van der Waals surface area contributed by atoms with Gasteiger partial charge in [0, 0.05) is 38.8 Å². The zero-order chi connectivity index (χ0) is 17.5. The third-order valence-corrected chi connectivity index (χ3v) is 4.61. The third kappa shape index (κ3) is 6.21. The predicted molar refractivity (Wildman–Crippen MR) is 95.4 cm³/mol. The molecule has 1 aliphatic heterocycles. The van der Waals surface area contributed by atoms with Gasteiger partial charge in [-0.1, -0.05) is 26.0 Å². The van der Waals surface area contributed by atoms with Crippen LogP contribution in [0.1, 0.15) is 25.8 Å². The van der Waals surface area contributed by atoms with Crippen molar-refractivity contribution in [3.8, 4) is 0 Å². The summed E-state index contributed by atoms with van der Waals surface area (Å²) in [6.45, 7) is 9.41. The summed E-state index contributed by atoms with van der Waals surface area (Å²) in [5, 5.41) is 3.07. The molecule has 1 aromatic carbocycles. The smallest absolute Gasteiger partial charge is 0.224 e. The molecular weight excluding hydrogens is 305 g/mol. The highest BCUT2D eigenvalue weighted by Crippen LogP contribution is 2.13. The van der Waals surface area contributed by atoms with Gasteiger partial charge in [-0.05, 0) is 37.1 Å². The molecule has 2 rings (SSSR count). The SMILES string of the molecule is CC(C)CC(CNC(=O)Cc1ccc(F)cc1)N1CCN(C)CC1. The molecule has 4 nitrogen and oxygen atoms in total. The molecule has 0 aliphatic carbocycles. The highest BCUT2D eigenvalue weighted by atomic mass is 19.1. The van der Waals surface area contributed by atoms with E-state index in [1.54, 1.807) is 12.1 Å². The van der Waals surface area contributed by atoms with Crippen molar-refractivity contribution in [1.82, 2.24) is 15.1 Å². The lowest BCUT2D eigenvalue weighted by molar-refractivity contribution is -0.120. The second-order valence-electron chi connectivity index (χ2n) is 7.23. The predicted octanol–water partition coefficient (Wildman–Crippen LogP) is 2.15. The summed E-state index contributed by atoms with van der Waals surface area (Å²) in [7, 11) is 2.15. The van der Waals surface area contributed by atoms with Crippen molar-refractivity contribution in [2.75, 3.05) is 39.8 Å². The van der Waals surface area contributed by atoms with Crippen LogP contribution < -0.4 is 5.32 Å². The largest absolute Gasteiger partial charge is 0.354 e. The summed E-state index contributed by atoms with van der Waals surface area (Å²) in [6.07, 6.45) is 1.39. The molecule has 24 heavy (non-hydrogen) atoms. The van der Waals surface area contributed by atoms with E-state index in [1.807, 2.05) is 0 Å². The van der Waals surface area contributed by atoms with Crippen molar-refractivity contribution in [1.29, 1.82) is 0 Å². The molecule has 1 fully saturated rings. The maximum Gasteiger partial charge on any atom is 0.224 e. The Balaban J connectivity index is 1.84. The summed E-state index contributed by atoms with van der Waals surface area (Å²) in [5.74, 6) is 0.333. The van der Waals surface area contributed by atoms with Crippen LogP contribution in [0, 0.1) is 11.7 Å². The van der Waals surface area contributed by atoms with E-state index in [9.17, 15) is 9.18 Å². The van der Waals surface area contributed by atoms with Crippen LogP contribution in [0.2, 0.25) is 0 Å². The monoisotopic (exact) mass is 335 g/mol. The lowest BCUT2D eigenvalue weighted by Crippen LogP contribution is -2.52. The van der Waals surface area contributed by atoms with Crippen LogP contribution in [0.5, 0.6) is 0 Å². The number of likely N-dealkylation sites (N-methyl/N-ethyl adjacent to an activating group) is 1. The first kappa shape index (κ1) is 18.9. The van der Waals surface area contributed by atoms with E-state index < -0.39 is 0 Å². The highest BCUT2D eigenvalue weighted by molar-refractivity contribution is 5.78. The fraction of sp³-hybridized carbons (Fsp3) is 0.632. The average Bonchev–Trinajstić information content (AvgIpc) is 2.54. The van der Waals surface area contributed by atoms with Crippen LogP contribution in [0.3, 0.4) is 0 Å². The zero-order valence-corrected chi connectivity index (χ0v) is 15.1. The zero-order valence-electron chi connectivity index (χ0n) is 15.1. The first-order valence-electron chi connectivity index (χ1n) is 8.87. The number of amides is 1. The number of halogens is 1. The fourth-order valence-electron chi connectivity index (χ4n) is 3.17. The Morgan fingerprint density at radius 2 is 1.79 bits per heavy atom. The highest BCUT2D eigenvalue weighted by Gasteiger charge is 2.23. The van der Waals surface area contributed by atoms with E-state index in [2.05, 4.69) is 36.0 Å². The molecule has 0 radical (unpaired) electrons. The Morgan fingerprint density at radius 1 is 1.17 bits per heavy atom. The molecule has 0 saturated carbocycles. The molecule has 1 aromatic rings. The standard InChI is InChI=1S/C19H30FN3O/c1-15(2)12-18(23-10-8-22(3)9-11-23)14-21-19(24)13-16-4-6-17(20)7-5-16/h4-7,15,18H,8-14H2,1-3H3,(H,21,24). The Labute approximate surface area is 145 Å². The number of piperazine rings is 1. The number of carbonyl (C=O) groups excluding carboxylic acids is 1. The van der Waals surface area contributed by atoms with Crippen LogP contribution in [-0.4, -0.2) is 61.5 Å². The normalized spacial score (nSPS) is 17.9. The minimum atomic E-state index is -0.272. The van der Waals surface area contributed by atoms with E-state index in [-0.39, 0.29) is 11.7 Å². The summed E-state index contributed by atoms with van der Waals surface area (Å²) >= 11 is 0. The number of nitrogens with one attached hydrogen (secondary N) is 1. The van der Waals surface area contributed by atoms with Gasteiger partial charge in [0.25, 0.3) is 0 Å². The lowest BCUT2D eigenvalue weighted by Gasteiger charge is -2.38. The van der Waals surface area contributed by atoms with Crippen molar-refractivity contribution in [3.63, 3.8) is 0 Å². The van der Waals surface area contributed by atoms with Gasteiger partial charge in [-0.25, -0.2) is 4.39 Å². The van der Waals surface area contributed by atoms with Crippen molar-refractivity contribution >= 4 is 5.91 Å². The number of rotatable bonds is 7. The molecule has 1 saturated heterocycles. The topological polar surface area (TPSA) is 35.6 Å². The fourth-order valence-corrected chi connectivity index (χ4v) is 3.17. The summed E-state index contributed by atoms with van der Waals surface area (Å²) in [4.78, 5) is 17.0. The maximum absolute atomic E-state index is 12.9. The van der Waals surface area contributed by atoms with Gasteiger partial charge in [0.15, 0.2) is 0 Å². The second kappa shape index (κ2) is 9.14. The molecule has 5 heteroatoms. The maximum atomic E-state index is 12.9. The van der Waals surface area contributed by atoms with Gasteiger partial charge in [0.05, 0.1) is 6.42 Å². The van der Waals surface area contributed by atoms with E-state index in [1.165, 1.54) is 12.1 Å². The molecule has 1 heterocycles. The Bertz CT molecular complexity index is 510. The Kier molecular flexibility index (Phi) is 7.18. The first-order valence-corrected chi connectivity index (χ1v) is 8.87. The lowest BCUT2D eigenvalue weighted by atomic mass is 10.0. The Morgan fingerprint density at radius 3 is 2.38 bits per heavy atom. The van der Waals surface area contributed by atoms with Crippen molar-refractivity contribution in [3.05, 3.63) is 35.6 Å². The molecule has 1 amide bonds. The van der Waals surface area contributed by atoms with E-state index >= 15 is 0 Å². The second-order valence-corrected chi connectivity index (χ2v) is 7.23. The molecule has 0 aromatic heterocycles. The van der Waals surface area contributed by atoms with Crippen LogP contribution >= 0.6 is 0 Å². The van der Waals surface area contributed by atoms with Crippen LogP contribution in [0.4, 0.5) is 4.39 Å². The molecule has 1 aliphatic rings. The molecule has 1 unspecified atom stereocenters. The van der Waals surface area contributed by atoms with Gasteiger partial charge in [-0.3, -0.25) is 9.69 Å². The molecule has 1 N–H and O–H groups in total. The van der Waals surface area contributed by atoms with Crippen LogP contribution in [0.15, 0.2) is 24.3 Å². The number of nitrogens with zero attached hydrogens (tertiary/aromatic N) is 2. The van der Waals surface area contributed by atoms with Gasteiger partial charge >= 0.3 is 0 Å². The van der Waals surface area contributed by atoms with Crippen molar-refractivity contribution < 1.29 is 9.18 Å². The first-order chi connectivity index (χ1) is 11.4. The number of benzene rings is 1. The molecule has 1 atom stereocenters. The van der Waals surface area contributed by atoms with Gasteiger partial charge < -0.3 is 10.2 Å². The van der Waals surface area contributed by atoms with Gasteiger partial charge in [-0.15, -0.1) is 0 Å². The third-order valence-electron chi connectivity index (χ3n) is 4.61. The molecular formula is C19H30FN3O. The Hall–Kier alpha value is -1.46. The molecule has 0 bridgehead atoms. The van der Waals surface area contributed by atoms with Gasteiger partial charge in [0.1, 0.15) is 5.82 Å². The van der Waals surface area contributed by atoms with E-state index in [0.717, 1.165) is 38.2 Å². The van der Waals surface area contributed by atoms with Crippen molar-refractivity contribution in [2.24, 2.45) is 5.92 Å². The van der Waals surface area contributed by atoms with Gasteiger partial charge in [0.2, 0.25) is 5.91 Å². The van der Waals surface area contributed by atoms with Gasteiger partial charge in [-0.2, -0.15) is 0 Å². The van der Waals surface area contributed by atoms with E-state index in [4.69, 9.17) is 0 Å². The quantitative estimate of drug-likeness (QED) is 0.829. The minimum absolute atomic E-state index is 0.00416. The minimum Gasteiger partial charge on any atom is -0.354 e. The van der Waals surface area contributed by atoms with E-state index in [0.29, 0.717) is 24.9 Å². The number of carbonyl (C=O) groups is 1. The van der Waals surface area contributed by atoms with Crippen LogP contribution in [-0.2, 0) is 11.2 Å². The van der Waals surface area contributed by atoms with Crippen LogP contribution in [0.25, 0.3) is 0 Å². The summed E-state index contributed by atoms with van der Waals surface area (Å²) < 4.78 is 12.9. The number of hydrogen-bond acceptors (Lipinski definition) is 3. The summed E-state index contributed by atoms with van der Waals surface area (Å²) in [5.41, 5.74) is 0.842.